The zero-order chi connectivity index (χ0) is 28.3. The fourth-order valence-corrected chi connectivity index (χ4v) is 5.48. The molecule has 1 atom stereocenters. The first-order chi connectivity index (χ1) is 18.4. The lowest BCUT2D eigenvalue weighted by atomic mass is 9.81. The minimum atomic E-state index is -4.81. The molecule has 3 aromatic carbocycles. The van der Waals surface area contributed by atoms with Gasteiger partial charge in [-0.2, -0.15) is 22.3 Å². The van der Waals surface area contributed by atoms with Crippen LogP contribution < -0.4 is 9.46 Å². The van der Waals surface area contributed by atoms with Crippen molar-refractivity contribution in [3.8, 4) is 5.75 Å². The Kier molecular flexibility index (Phi) is 8.24. The van der Waals surface area contributed by atoms with Crippen LogP contribution in [0.3, 0.4) is 0 Å². The Balaban J connectivity index is 1.95. The van der Waals surface area contributed by atoms with Crippen molar-refractivity contribution in [2.75, 3.05) is 0 Å². The summed E-state index contributed by atoms with van der Waals surface area (Å²) in [6.07, 6.45) is -7.77. The largest absolute Gasteiger partial charge is 0.461 e. The van der Waals surface area contributed by atoms with Crippen LogP contribution in [0.25, 0.3) is 0 Å². The van der Waals surface area contributed by atoms with Gasteiger partial charge in [0.1, 0.15) is 17.1 Å². The molecule has 0 fully saturated rings. The number of benzene rings is 3. The summed E-state index contributed by atoms with van der Waals surface area (Å²) in [5.41, 5.74) is -1.10. The van der Waals surface area contributed by atoms with Crippen molar-refractivity contribution in [2.45, 2.75) is 29.4 Å². The molecule has 1 N–H and O–H groups in total. The van der Waals surface area contributed by atoms with E-state index >= 15 is 0 Å². The summed E-state index contributed by atoms with van der Waals surface area (Å²) < 4.78 is 101. The maximum atomic E-state index is 14.0. The average molecular weight is 583 g/mol. The molecule has 0 saturated heterocycles. The molecule has 4 rings (SSSR count). The molecule has 0 unspecified atom stereocenters. The third-order valence-electron chi connectivity index (χ3n) is 5.73. The Morgan fingerprint density at radius 1 is 0.923 bits per heavy atom. The van der Waals surface area contributed by atoms with Gasteiger partial charge in [-0.25, -0.2) is 12.8 Å². The van der Waals surface area contributed by atoms with Gasteiger partial charge in [-0.3, -0.25) is 4.98 Å². The Morgan fingerprint density at radius 3 is 2.28 bits per heavy atom. The van der Waals surface area contributed by atoms with E-state index in [0.717, 1.165) is 24.3 Å². The average Bonchev–Trinajstić information content (AvgIpc) is 2.89. The first-order valence-electron chi connectivity index (χ1n) is 11.3. The number of sulfonamides is 1. The highest BCUT2D eigenvalue weighted by molar-refractivity contribution is 7.89. The Bertz CT molecular complexity index is 1540. The number of ether oxygens (including phenoxy) is 1. The van der Waals surface area contributed by atoms with E-state index in [9.17, 15) is 30.4 Å². The highest BCUT2D eigenvalue weighted by Gasteiger charge is 2.45. The van der Waals surface area contributed by atoms with E-state index < -0.39 is 44.6 Å². The van der Waals surface area contributed by atoms with Crippen molar-refractivity contribution < 1.29 is 35.1 Å². The molecule has 204 valence electrons. The molecule has 5 nitrogen and oxygen atoms in total. The molecule has 0 radical (unpaired) electrons. The maximum absolute atomic E-state index is 14.0. The zero-order valence-corrected chi connectivity index (χ0v) is 21.4. The second-order valence-corrected chi connectivity index (χ2v) is 10.6. The monoisotopic (exact) mass is 582 g/mol. The lowest BCUT2D eigenvalue weighted by molar-refractivity contribution is -0.253. The molecule has 1 aromatic heterocycles. The van der Waals surface area contributed by atoms with E-state index in [0.29, 0.717) is 5.56 Å². The number of hydrogen-bond acceptors (Lipinski definition) is 4. The van der Waals surface area contributed by atoms with Gasteiger partial charge in [0.05, 0.1) is 15.6 Å². The fraction of sp³-hybridized carbons (Fsp3) is 0.148. The van der Waals surface area contributed by atoms with Crippen molar-refractivity contribution in [1.82, 2.24) is 9.71 Å². The number of pyridine rings is 1. The third-order valence-corrected chi connectivity index (χ3v) is 7.44. The van der Waals surface area contributed by atoms with E-state index in [1.165, 1.54) is 42.6 Å². The van der Waals surface area contributed by atoms with Crippen molar-refractivity contribution in [1.29, 1.82) is 0 Å². The minimum absolute atomic E-state index is 0.0312. The van der Waals surface area contributed by atoms with Gasteiger partial charge in [0.25, 0.3) is 0 Å². The third kappa shape index (κ3) is 6.55. The van der Waals surface area contributed by atoms with Gasteiger partial charge < -0.3 is 4.74 Å². The summed E-state index contributed by atoms with van der Waals surface area (Å²) in [5.74, 6) is -1.45. The van der Waals surface area contributed by atoms with Crippen LogP contribution in [0.15, 0.2) is 102 Å². The molecule has 0 aliphatic rings. The van der Waals surface area contributed by atoms with Crippen molar-refractivity contribution in [3.05, 3.63) is 125 Å². The number of alkyl halides is 4. The van der Waals surface area contributed by atoms with E-state index in [2.05, 4.69) is 14.4 Å². The van der Waals surface area contributed by atoms with Crippen LogP contribution in [-0.2, 0) is 22.0 Å². The van der Waals surface area contributed by atoms with Gasteiger partial charge in [-0.1, -0.05) is 60.1 Å². The Morgan fingerprint density at radius 2 is 1.64 bits per heavy atom. The maximum Gasteiger partial charge on any atom is 0.461 e. The number of aromatic nitrogens is 1. The Hall–Kier alpha value is -3.54. The molecule has 0 aliphatic heterocycles. The van der Waals surface area contributed by atoms with E-state index in [4.69, 9.17) is 11.6 Å². The number of nitrogens with one attached hydrogen (secondary N) is 1. The van der Waals surface area contributed by atoms with Gasteiger partial charge in [0, 0.05) is 12.6 Å². The highest BCUT2D eigenvalue weighted by atomic mass is 35.5. The van der Waals surface area contributed by atoms with Crippen molar-refractivity contribution in [2.24, 2.45) is 0 Å². The normalized spacial score (nSPS) is 13.7. The summed E-state index contributed by atoms with van der Waals surface area (Å²) in [4.78, 5) is 3.90. The van der Waals surface area contributed by atoms with Gasteiger partial charge in [0.15, 0.2) is 0 Å². The zero-order valence-electron chi connectivity index (χ0n) is 19.9. The van der Waals surface area contributed by atoms with Crippen molar-refractivity contribution >= 4 is 21.6 Å². The quantitative estimate of drug-likeness (QED) is 0.215. The molecule has 0 aliphatic carbocycles. The minimum Gasteiger partial charge on any atom is -0.428 e. The SMILES string of the molecule is O=S(=O)(N[C@](Cc1ccccc1)(c1cccc(OC(F)(F)C(F)F)c1)c1ccc(Cl)cn1)c1cccc(F)c1. The topological polar surface area (TPSA) is 68.3 Å². The smallest absolute Gasteiger partial charge is 0.428 e. The van der Waals surface area contributed by atoms with Gasteiger partial charge in [-0.05, 0) is 53.6 Å². The molecule has 0 amide bonds. The predicted molar refractivity (Wildman–Crippen MR) is 135 cm³/mol. The van der Waals surface area contributed by atoms with Crippen LogP contribution in [0.5, 0.6) is 5.75 Å². The second kappa shape index (κ2) is 11.3. The second-order valence-electron chi connectivity index (χ2n) is 8.48. The molecule has 0 spiro atoms. The lowest BCUT2D eigenvalue weighted by Crippen LogP contribution is -2.49. The van der Waals surface area contributed by atoms with E-state index in [1.54, 1.807) is 30.3 Å². The van der Waals surface area contributed by atoms with Gasteiger partial charge in [-0.15, -0.1) is 0 Å². The van der Waals surface area contributed by atoms with E-state index in [1.807, 2.05) is 0 Å². The van der Waals surface area contributed by atoms with Gasteiger partial charge in [0.2, 0.25) is 10.0 Å². The predicted octanol–water partition coefficient (Wildman–Crippen LogP) is 6.58. The molecule has 12 heteroatoms. The standard InChI is InChI=1S/C27H20ClF5N2O3S/c28-20-12-13-24(34-17-20)26(16-18-6-2-1-3-7-18,35-39(36,37)23-11-5-9-21(29)15-23)19-8-4-10-22(14-19)38-27(32,33)25(30)31/h1-15,17,25,35H,16H2/t26-/m1/s1. The fourth-order valence-electron chi connectivity index (χ4n) is 3.97. The Labute approximate surface area is 226 Å². The molecule has 0 bridgehead atoms. The summed E-state index contributed by atoms with van der Waals surface area (Å²) in [7, 11) is -4.50. The first-order valence-corrected chi connectivity index (χ1v) is 13.2. The van der Waals surface area contributed by atoms with Crippen molar-refractivity contribution in [3.63, 3.8) is 0 Å². The molecular weight excluding hydrogens is 563 g/mol. The van der Waals surface area contributed by atoms with Crippen LogP contribution in [0.2, 0.25) is 5.02 Å². The number of halogens is 6. The number of nitrogens with zero attached hydrogens (tertiary/aromatic N) is 1. The van der Waals surface area contributed by atoms with Crippen LogP contribution in [0.4, 0.5) is 22.0 Å². The molecular formula is C27H20ClF5N2O3S. The molecule has 1 heterocycles. The molecule has 4 aromatic rings. The summed E-state index contributed by atoms with van der Waals surface area (Å²) in [6, 6.07) is 20.4. The highest BCUT2D eigenvalue weighted by Crippen LogP contribution is 2.37. The summed E-state index contributed by atoms with van der Waals surface area (Å²) >= 11 is 6.02. The lowest BCUT2D eigenvalue weighted by Gasteiger charge is -2.35. The summed E-state index contributed by atoms with van der Waals surface area (Å²) in [5, 5.41) is 0.231. The van der Waals surface area contributed by atoms with Crippen LogP contribution in [-0.4, -0.2) is 25.9 Å². The molecule has 0 saturated carbocycles. The van der Waals surface area contributed by atoms with Gasteiger partial charge >= 0.3 is 12.5 Å². The first kappa shape index (κ1) is 28.5. The molecule has 39 heavy (non-hydrogen) atoms. The van der Waals surface area contributed by atoms with Crippen LogP contribution >= 0.6 is 11.6 Å². The summed E-state index contributed by atoms with van der Waals surface area (Å²) in [6.45, 7) is 0. The van der Waals surface area contributed by atoms with Crippen LogP contribution in [0, 0.1) is 5.82 Å². The number of hydrogen-bond donors (Lipinski definition) is 1. The van der Waals surface area contributed by atoms with Crippen LogP contribution in [0.1, 0.15) is 16.8 Å². The number of rotatable bonds is 10. The van der Waals surface area contributed by atoms with E-state index in [-0.39, 0.29) is 22.7 Å².